The highest BCUT2D eigenvalue weighted by Gasteiger charge is 2.61. The summed E-state index contributed by atoms with van der Waals surface area (Å²) in [6.45, 7) is 4.63. The number of amides is 1. The van der Waals surface area contributed by atoms with Crippen LogP contribution >= 0.6 is 0 Å². The number of ether oxygens (including phenoxy) is 15. The highest BCUT2D eigenvalue weighted by molar-refractivity contribution is 6.02. The topological polar surface area (TPSA) is 582 Å². The van der Waals surface area contributed by atoms with Crippen LogP contribution in [0, 0.1) is 0 Å². The van der Waals surface area contributed by atoms with Crippen molar-refractivity contribution in [1.29, 1.82) is 0 Å². The lowest BCUT2D eigenvalue weighted by Gasteiger charge is -2.50. The molecule has 21 saturated heterocycles. The van der Waals surface area contributed by atoms with Gasteiger partial charge < -0.3 is 193 Å². The van der Waals surface area contributed by atoms with E-state index in [1.54, 1.807) is 17.0 Å². The van der Waals surface area contributed by atoms with Crippen molar-refractivity contribution in [2.45, 2.75) is 255 Å². The van der Waals surface area contributed by atoms with Gasteiger partial charge in [0.15, 0.2) is 44.0 Å². The fraction of sp³-hybridized carbons (Fsp3) is 0.740. The Kier molecular flexibility index (Phi) is 27.7. The minimum Gasteiger partial charge on any atom is -0.456 e. The Balaban J connectivity index is 0.793. The van der Waals surface area contributed by atoms with Gasteiger partial charge in [-0.05, 0) is 64.4 Å². The number of carbonyl (C=O) groups excluding carboxylic acids is 1. The number of carbonyl (C=O) groups is 1. The summed E-state index contributed by atoms with van der Waals surface area (Å²) in [5, 5.41) is 232. The number of rotatable bonds is 18. The Bertz CT molecular complexity index is 3540. The van der Waals surface area contributed by atoms with Crippen LogP contribution in [0.5, 0.6) is 11.5 Å². The van der Waals surface area contributed by atoms with Crippen molar-refractivity contribution in [2.24, 2.45) is 0 Å². The van der Waals surface area contributed by atoms with E-state index >= 15 is 4.79 Å². The molecule has 23 aliphatic rings. The molecule has 113 heavy (non-hydrogen) atoms. The Morgan fingerprint density at radius 2 is 0.619 bits per heavy atom. The fourth-order valence-corrected chi connectivity index (χ4v) is 17.0. The molecule has 634 valence electrons. The zero-order valence-electron chi connectivity index (χ0n) is 62.2. The Labute approximate surface area is 647 Å². The lowest BCUT2D eigenvalue weighted by Crippen LogP contribution is -2.68. The van der Waals surface area contributed by atoms with Gasteiger partial charge >= 0.3 is 0 Å². The molecule has 35 atom stereocenters. The predicted octanol–water partition coefficient (Wildman–Crippen LogP) is -9.00. The molecule has 3 aromatic carbocycles. The zero-order chi connectivity index (χ0) is 80.9. The van der Waals surface area contributed by atoms with Crippen LogP contribution in [-0.2, 0) is 71.9 Å². The van der Waals surface area contributed by atoms with Crippen LogP contribution in [0.4, 0.5) is 11.4 Å². The lowest BCUT2D eigenvalue weighted by atomic mass is 9.74. The molecule has 21 fully saturated rings. The van der Waals surface area contributed by atoms with E-state index in [1.165, 1.54) is 0 Å². The molecule has 0 aromatic heterocycles. The summed E-state index contributed by atoms with van der Waals surface area (Å²) in [4.78, 5) is 21.4. The monoisotopic (exact) mass is 1610 g/mol. The van der Waals surface area contributed by atoms with E-state index in [0.29, 0.717) is 59.9 Å². The minimum atomic E-state index is -2.25. The molecular weight excluding hydrogens is 1510 g/mol. The summed E-state index contributed by atoms with van der Waals surface area (Å²) in [6, 6.07) is 19.3. The molecule has 40 nitrogen and oxygen atoms in total. The third-order valence-corrected chi connectivity index (χ3v) is 23.1. The second kappa shape index (κ2) is 36.4. The zero-order valence-corrected chi connectivity index (χ0v) is 62.2. The van der Waals surface area contributed by atoms with Crippen LogP contribution in [0.25, 0.3) is 0 Å². The van der Waals surface area contributed by atoms with Gasteiger partial charge in [0.05, 0.1) is 45.7 Å². The maximum absolute atomic E-state index is 15.2. The second-order valence-electron chi connectivity index (χ2n) is 29.5. The molecule has 21 N–H and O–H groups in total. The SMILES string of the molecule is CCN(CC)c1ccc2c(c1)Oc1cc(N(CC)CC)ccc1C21c2ccccc2C(=O)N1CCNCCC1OC2OC3C(CO)OC(OC4C(CO)OC(OC5C(CO)OC(OC6C(CO)OC(OC7C(CO)OC(OC8C(CO)OC(OC1C(O)C2O)C(O)C8O)C(O)C7O)C(O)C6O)C(O)C5O)C(O)C4O)C(O)C3O. The van der Waals surface area contributed by atoms with E-state index in [1.807, 2.05) is 76.2 Å². The predicted molar refractivity (Wildman–Crippen MR) is 376 cm³/mol. The normalized spacial score (nSPS) is 42.6. The molecule has 40 heteroatoms. The molecule has 26 rings (SSSR count). The smallest absolute Gasteiger partial charge is 0.255 e. The van der Waals surface area contributed by atoms with Crippen molar-refractivity contribution in [3.8, 4) is 11.5 Å². The molecule has 0 saturated carbocycles. The van der Waals surface area contributed by atoms with Gasteiger partial charge in [-0.15, -0.1) is 0 Å². The fourth-order valence-electron chi connectivity index (χ4n) is 17.0. The van der Waals surface area contributed by atoms with Gasteiger partial charge in [0, 0.05) is 79.5 Å². The third kappa shape index (κ3) is 16.0. The molecule has 1 spiro atoms. The number of anilines is 2. The minimum absolute atomic E-state index is 0.0350. The van der Waals surface area contributed by atoms with Gasteiger partial charge in [0.1, 0.15) is 182 Å². The first-order valence-electron chi connectivity index (χ1n) is 38.2. The quantitative estimate of drug-likeness (QED) is 0.0526. The number of hydrogen-bond acceptors (Lipinski definition) is 39. The number of nitrogens with one attached hydrogen (secondary N) is 1. The van der Waals surface area contributed by atoms with Crippen LogP contribution in [0.1, 0.15) is 61.2 Å². The highest BCUT2D eigenvalue weighted by Crippen LogP contribution is 2.58. The number of nitrogens with zero attached hydrogens (tertiary/aromatic N) is 3. The van der Waals surface area contributed by atoms with Gasteiger partial charge in [-0.1, -0.05) is 30.3 Å². The van der Waals surface area contributed by atoms with Gasteiger partial charge in [-0.2, -0.15) is 0 Å². The van der Waals surface area contributed by atoms with Gasteiger partial charge in [0.25, 0.3) is 5.91 Å². The average molecular weight is 1620 g/mol. The molecular formula is C73H106N4O36. The highest BCUT2D eigenvalue weighted by atomic mass is 16.8. The molecule has 14 bridgehead atoms. The summed E-state index contributed by atoms with van der Waals surface area (Å²) in [6.07, 6.45) is -71.3. The van der Waals surface area contributed by atoms with Gasteiger partial charge in [-0.25, -0.2) is 0 Å². The molecule has 23 aliphatic heterocycles. The van der Waals surface area contributed by atoms with Crippen LogP contribution < -0.4 is 19.9 Å². The first-order chi connectivity index (χ1) is 54.3. The van der Waals surface area contributed by atoms with Crippen molar-refractivity contribution >= 4 is 17.3 Å². The van der Waals surface area contributed by atoms with Crippen LogP contribution in [0.15, 0.2) is 60.7 Å². The standard InChI is InChI=1S/C73H106N4O36/c1-5-75(6-2)29-13-15-33-36(21-29)99-37-22-30(76(7-3)8-4)14-16-34(37)73(33)32-12-10-9-11-31(32)65(98)77(73)20-19-74-18-17-35-58-44(84)51(91)66(100-35)108-59-38(23-78)102-68(53(93)46(59)86)110-61-40(25-80)104-70(55(95)48(61)88)112-63-42(27-82)106-72(57(97)50(63)90)113-64-43(28-83)105-71(56(96)49(64)89)111-62-41(26-81)103-69(54(94)47(62)87)109-60-39(24-79)101-67(107-58)52(92)45(60)85/h9-16,21-22,35,38-64,66-72,74,78-97H,5-8,17-20,23-28H2,1-4H3. The lowest BCUT2D eigenvalue weighted by molar-refractivity contribution is -0.396. The maximum atomic E-state index is 15.2. The first-order valence-corrected chi connectivity index (χ1v) is 38.2. The van der Waals surface area contributed by atoms with Crippen molar-refractivity contribution in [2.75, 3.05) is 95.3 Å². The van der Waals surface area contributed by atoms with Crippen LogP contribution in [0.2, 0.25) is 0 Å². The molecule has 1 amide bonds. The number of hydrogen-bond donors (Lipinski definition) is 21. The van der Waals surface area contributed by atoms with E-state index in [4.69, 9.17) is 71.1 Å². The molecule has 0 aliphatic carbocycles. The maximum Gasteiger partial charge on any atom is 0.255 e. The van der Waals surface area contributed by atoms with E-state index in [9.17, 15) is 102 Å². The summed E-state index contributed by atoms with van der Waals surface area (Å²) in [7, 11) is 0. The summed E-state index contributed by atoms with van der Waals surface area (Å²) in [5.74, 6) is 0.773. The molecule has 0 radical (unpaired) electrons. The summed E-state index contributed by atoms with van der Waals surface area (Å²) >= 11 is 0. The van der Waals surface area contributed by atoms with Crippen molar-refractivity contribution in [3.63, 3.8) is 0 Å². The number of aliphatic hydroxyl groups excluding tert-OH is 20. The Hall–Kier alpha value is -4.87. The second-order valence-corrected chi connectivity index (χ2v) is 29.5. The number of aliphatic hydroxyl groups is 20. The van der Waals surface area contributed by atoms with Crippen LogP contribution in [0.3, 0.4) is 0 Å². The van der Waals surface area contributed by atoms with Crippen molar-refractivity contribution < 1.29 is 178 Å². The molecule has 23 heterocycles. The molecule has 3 aromatic rings. The summed E-state index contributed by atoms with van der Waals surface area (Å²) in [5.41, 5.74) is 3.11. The Morgan fingerprint density at radius 3 is 0.903 bits per heavy atom. The van der Waals surface area contributed by atoms with E-state index in [-0.39, 0.29) is 32.0 Å². The van der Waals surface area contributed by atoms with Gasteiger partial charge in [0.2, 0.25) is 0 Å². The van der Waals surface area contributed by atoms with Gasteiger partial charge in [-0.3, -0.25) is 4.79 Å². The Morgan fingerprint density at radius 1 is 0.345 bits per heavy atom. The number of benzene rings is 3. The van der Waals surface area contributed by atoms with Crippen molar-refractivity contribution in [3.05, 3.63) is 82.9 Å². The number of fused-ring (bicyclic) bond motifs is 6. The van der Waals surface area contributed by atoms with E-state index in [0.717, 1.165) is 11.4 Å². The first kappa shape index (κ1) is 86.0. The van der Waals surface area contributed by atoms with E-state index < -0.39 is 260 Å². The van der Waals surface area contributed by atoms with Crippen LogP contribution in [-0.4, -0.2) is 413 Å². The largest absolute Gasteiger partial charge is 0.456 e. The van der Waals surface area contributed by atoms with E-state index in [2.05, 4.69) is 15.1 Å². The summed E-state index contributed by atoms with van der Waals surface area (Å²) < 4.78 is 90.0. The molecule has 35 unspecified atom stereocenters. The third-order valence-electron chi connectivity index (χ3n) is 23.1. The average Bonchev–Trinajstić information content (AvgIpc) is 1.57. The van der Waals surface area contributed by atoms with Crippen molar-refractivity contribution in [1.82, 2.24) is 10.2 Å².